The van der Waals surface area contributed by atoms with Gasteiger partial charge in [0.1, 0.15) is 18.1 Å². The summed E-state index contributed by atoms with van der Waals surface area (Å²) in [6.45, 7) is 5.30. The molecule has 3 heterocycles. The largest absolute Gasteiger partial charge is 0.349 e. The molecule has 11 heteroatoms. The summed E-state index contributed by atoms with van der Waals surface area (Å²) in [7, 11) is 0. The van der Waals surface area contributed by atoms with Crippen LogP contribution in [-0.4, -0.2) is 88.1 Å². The number of amides is 5. The summed E-state index contributed by atoms with van der Waals surface area (Å²) < 4.78 is 0. The number of nitrogens with one attached hydrogen (secondary N) is 3. The molecule has 2 aliphatic heterocycles. The van der Waals surface area contributed by atoms with Crippen LogP contribution in [0.2, 0.25) is 0 Å². The molecule has 0 radical (unpaired) electrons. The number of carbonyl (C=O) groups is 5. The average Bonchev–Trinajstić information content (AvgIpc) is 3.45. The second-order valence-corrected chi connectivity index (χ2v) is 11.0. The number of benzene rings is 1. The van der Waals surface area contributed by atoms with Gasteiger partial charge in [-0.1, -0.05) is 44.2 Å². The van der Waals surface area contributed by atoms with Crippen molar-refractivity contribution in [3.8, 4) is 0 Å². The first-order valence-corrected chi connectivity index (χ1v) is 14.1. The number of pyridine rings is 1. The topological polar surface area (TPSA) is 141 Å². The van der Waals surface area contributed by atoms with E-state index in [1.807, 2.05) is 44.2 Å². The zero-order chi connectivity index (χ0) is 29.5. The number of rotatable bonds is 4. The van der Waals surface area contributed by atoms with E-state index < -0.39 is 47.8 Å². The zero-order valence-corrected chi connectivity index (χ0v) is 23.7. The Hall–Kier alpha value is -4.28. The van der Waals surface area contributed by atoms with Gasteiger partial charge >= 0.3 is 0 Å². The van der Waals surface area contributed by atoms with Crippen LogP contribution in [0, 0.1) is 5.92 Å². The second-order valence-electron chi connectivity index (χ2n) is 11.0. The molecular weight excluding hydrogens is 524 g/mol. The second kappa shape index (κ2) is 13.4. The highest BCUT2D eigenvalue weighted by molar-refractivity contribution is 5.98. The molecule has 0 spiro atoms. The smallest absolute Gasteiger partial charge is 0.255 e. The highest BCUT2D eigenvalue weighted by Crippen LogP contribution is 2.20. The summed E-state index contributed by atoms with van der Waals surface area (Å²) in [4.78, 5) is 73.9. The van der Waals surface area contributed by atoms with E-state index in [9.17, 15) is 24.0 Å². The number of fused-ring (bicyclic) bond motifs is 1. The van der Waals surface area contributed by atoms with Crippen LogP contribution in [-0.2, 0) is 25.6 Å². The molecule has 2 saturated heterocycles. The molecule has 11 nitrogen and oxygen atoms in total. The first kappa shape index (κ1) is 29.7. The van der Waals surface area contributed by atoms with Gasteiger partial charge in [0.05, 0.1) is 18.2 Å². The molecule has 2 aromatic rings. The van der Waals surface area contributed by atoms with Crippen LogP contribution in [0.25, 0.3) is 0 Å². The molecule has 4 atom stereocenters. The van der Waals surface area contributed by atoms with E-state index >= 15 is 0 Å². The molecular formula is C30H38N6O5. The van der Waals surface area contributed by atoms with Gasteiger partial charge < -0.3 is 25.8 Å². The number of hydrogen-bond donors (Lipinski definition) is 3. The highest BCUT2D eigenvalue weighted by atomic mass is 16.2. The quantitative estimate of drug-likeness (QED) is 0.506. The van der Waals surface area contributed by atoms with E-state index in [0.717, 1.165) is 5.56 Å². The normalized spacial score (nSPS) is 24.6. The fourth-order valence-electron chi connectivity index (χ4n) is 5.37. The molecule has 3 N–H and O–H groups in total. The van der Waals surface area contributed by atoms with Crippen molar-refractivity contribution in [1.82, 2.24) is 30.7 Å². The zero-order valence-electron chi connectivity index (χ0n) is 23.7. The third kappa shape index (κ3) is 7.47. The third-order valence-corrected chi connectivity index (χ3v) is 7.48. The Labute approximate surface area is 240 Å². The van der Waals surface area contributed by atoms with Crippen molar-refractivity contribution >= 4 is 29.5 Å². The van der Waals surface area contributed by atoms with Gasteiger partial charge in [0.15, 0.2) is 0 Å². The molecule has 2 aliphatic rings. The predicted molar refractivity (Wildman–Crippen MR) is 151 cm³/mol. The van der Waals surface area contributed by atoms with E-state index in [-0.39, 0.29) is 24.9 Å². The number of hydrogen-bond acceptors (Lipinski definition) is 6. The molecule has 0 bridgehead atoms. The SMILES string of the molecule is CC(C)[C@@H]1NC(=O)[C@H]2CCCN2C(=O)[C@H](C)NC(=O)CN(C(=O)c2cccnc2)C[C@H](Cc2ccccc2)NC1=O. The molecule has 1 aromatic carbocycles. The van der Waals surface area contributed by atoms with Crippen LogP contribution in [0.1, 0.15) is 49.5 Å². The van der Waals surface area contributed by atoms with Crippen LogP contribution in [0.15, 0.2) is 54.9 Å². The summed E-state index contributed by atoms with van der Waals surface area (Å²) in [5.74, 6) is -2.38. The Kier molecular flexibility index (Phi) is 9.69. The number of aromatic nitrogens is 1. The van der Waals surface area contributed by atoms with Crippen molar-refractivity contribution in [3.63, 3.8) is 0 Å². The lowest BCUT2D eigenvalue weighted by atomic mass is 10.00. The third-order valence-electron chi connectivity index (χ3n) is 7.48. The average molecular weight is 563 g/mol. The van der Waals surface area contributed by atoms with E-state index in [4.69, 9.17) is 0 Å². The van der Waals surface area contributed by atoms with Crippen molar-refractivity contribution in [2.24, 2.45) is 5.92 Å². The molecule has 5 amide bonds. The van der Waals surface area contributed by atoms with Gasteiger partial charge in [-0.05, 0) is 49.8 Å². The maximum Gasteiger partial charge on any atom is 0.255 e. The van der Waals surface area contributed by atoms with Gasteiger partial charge in [0.25, 0.3) is 5.91 Å². The summed E-state index contributed by atoms with van der Waals surface area (Å²) >= 11 is 0. The summed E-state index contributed by atoms with van der Waals surface area (Å²) in [5.41, 5.74) is 1.22. The Bertz CT molecular complexity index is 1250. The molecule has 218 valence electrons. The molecule has 4 rings (SSSR count). The lowest BCUT2D eigenvalue weighted by molar-refractivity contribution is -0.142. The monoisotopic (exact) mass is 562 g/mol. The molecule has 0 saturated carbocycles. The fourth-order valence-corrected chi connectivity index (χ4v) is 5.37. The van der Waals surface area contributed by atoms with Gasteiger partial charge in [-0.3, -0.25) is 29.0 Å². The summed E-state index contributed by atoms with van der Waals surface area (Å²) in [5, 5.41) is 8.62. The maximum absolute atomic E-state index is 13.7. The van der Waals surface area contributed by atoms with Gasteiger partial charge in [0, 0.05) is 25.5 Å². The Balaban J connectivity index is 1.71. The first-order valence-electron chi connectivity index (χ1n) is 14.1. The van der Waals surface area contributed by atoms with Gasteiger partial charge in [-0.15, -0.1) is 0 Å². The van der Waals surface area contributed by atoms with Crippen LogP contribution < -0.4 is 16.0 Å². The lowest BCUT2D eigenvalue weighted by Crippen LogP contribution is -2.58. The fraction of sp³-hybridized carbons (Fsp3) is 0.467. The van der Waals surface area contributed by atoms with Crippen LogP contribution in [0.4, 0.5) is 0 Å². The van der Waals surface area contributed by atoms with E-state index in [0.29, 0.717) is 31.4 Å². The Morgan fingerprint density at radius 3 is 2.44 bits per heavy atom. The van der Waals surface area contributed by atoms with Crippen molar-refractivity contribution in [3.05, 3.63) is 66.0 Å². The van der Waals surface area contributed by atoms with E-state index in [2.05, 4.69) is 20.9 Å². The summed E-state index contributed by atoms with van der Waals surface area (Å²) in [6.07, 6.45) is 4.46. The number of carbonyl (C=O) groups excluding carboxylic acids is 5. The summed E-state index contributed by atoms with van der Waals surface area (Å²) in [6, 6.07) is 9.67. The standard InChI is InChI=1S/C30H38N6O5/c1-19(2)26-28(39)33-23(15-21-9-5-4-6-10-21)17-35(30(41)22-11-7-13-31-16-22)18-25(37)32-20(3)29(40)36-14-8-12-24(36)27(38)34-26/h4-7,9-11,13,16,19-20,23-24,26H,8,12,14-15,17-18H2,1-3H3,(H,32,37)(H,33,39)(H,34,38)/t20-,23-,24+,26-/m0/s1. The van der Waals surface area contributed by atoms with Crippen molar-refractivity contribution in [1.29, 1.82) is 0 Å². The molecule has 1 aromatic heterocycles. The van der Waals surface area contributed by atoms with E-state index in [1.165, 1.54) is 16.0 Å². The molecule has 0 unspecified atom stereocenters. The Morgan fingerprint density at radius 1 is 1.00 bits per heavy atom. The van der Waals surface area contributed by atoms with Gasteiger partial charge in [-0.2, -0.15) is 0 Å². The van der Waals surface area contributed by atoms with Crippen LogP contribution in [0.3, 0.4) is 0 Å². The lowest BCUT2D eigenvalue weighted by Gasteiger charge is -2.31. The highest BCUT2D eigenvalue weighted by Gasteiger charge is 2.39. The maximum atomic E-state index is 13.7. The van der Waals surface area contributed by atoms with Crippen molar-refractivity contribution in [2.45, 2.75) is 64.2 Å². The van der Waals surface area contributed by atoms with Crippen LogP contribution in [0.5, 0.6) is 0 Å². The minimum atomic E-state index is -0.905. The van der Waals surface area contributed by atoms with E-state index in [1.54, 1.807) is 25.3 Å². The molecule has 0 aliphatic carbocycles. The first-order chi connectivity index (χ1) is 19.6. The molecule has 2 fully saturated rings. The van der Waals surface area contributed by atoms with Crippen molar-refractivity contribution in [2.75, 3.05) is 19.6 Å². The predicted octanol–water partition coefficient (Wildman–Crippen LogP) is 0.901. The Morgan fingerprint density at radius 2 is 1.76 bits per heavy atom. The van der Waals surface area contributed by atoms with Gasteiger partial charge in [0.2, 0.25) is 23.6 Å². The van der Waals surface area contributed by atoms with Gasteiger partial charge in [-0.25, -0.2) is 0 Å². The van der Waals surface area contributed by atoms with Crippen LogP contribution >= 0.6 is 0 Å². The molecule has 41 heavy (non-hydrogen) atoms. The van der Waals surface area contributed by atoms with Crippen molar-refractivity contribution < 1.29 is 24.0 Å². The minimum absolute atomic E-state index is 0.0115. The number of nitrogens with zero attached hydrogens (tertiary/aromatic N) is 3. The minimum Gasteiger partial charge on any atom is -0.349 e.